The molecule has 0 aliphatic carbocycles. The number of amidine groups is 1. The van der Waals surface area contributed by atoms with Gasteiger partial charge in [0.25, 0.3) is 0 Å². The Hall–Kier alpha value is -3.33. The third-order valence-electron chi connectivity index (χ3n) is 2.77. The molecule has 22 heavy (non-hydrogen) atoms. The van der Waals surface area contributed by atoms with E-state index in [-0.39, 0.29) is 5.71 Å². The highest BCUT2D eigenvalue weighted by molar-refractivity contribution is 6.45. The minimum Gasteiger partial charge on any atom is -0.487 e. The van der Waals surface area contributed by atoms with Crippen molar-refractivity contribution in [3.63, 3.8) is 0 Å². The second-order valence-electron chi connectivity index (χ2n) is 4.37. The van der Waals surface area contributed by atoms with Crippen molar-refractivity contribution in [3.05, 3.63) is 60.2 Å². The molecule has 0 aromatic heterocycles. The molecule has 0 saturated carbocycles. The van der Waals surface area contributed by atoms with Crippen LogP contribution in [-0.4, -0.2) is 11.5 Å². The summed E-state index contributed by atoms with van der Waals surface area (Å²) in [6, 6.07) is 18.7. The van der Waals surface area contributed by atoms with E-state index in [0.717, 1.165) is 5.56 Å². The van der Waals surface area contributed by atoms with Crippen LogP contribution in [0.1, 0.15) is 5.56 Å². The highest BCUT2D eigenvalue weighted by Gasteiger charge is 2.05. The fraction of sp³-hybridized carbons (Fsp3) is 0.0625. The summed E-state index contributed by atoms with van der Waals surface area (Å²) in [6.07, 6.45) is 0. The summed E-state index contributed by atoms with van der Waals surface area (Å²) in [5.41, 5.74) is 9.40. The third-order valence-corrected chi connectivity index (χ3v) is 2.77. The summed E-state index contributed by atoms with van der Waals surface area (Å²) in [5.74, 6) is 0.202. The lowest BCUT2D eigenvalue weighted by Crippen LogP contribution is -2.21. The van der Waals surface area contributed by atoms with Crippen LogP contribution in [0.3, 0.4) is 0 Å². The van der Waals surface area contributed by atoms with Crippen molar-refractivity contribution < 1.29 is 4.74 Å². The molecule has 6 heteroatoms. The molecule has 110 valence electrons. The minimum atomic E-state index is -0.391. The number of anilines is 1. The highest BCUT2D eigenvalue weighted by atomic mass is 16.5. The summed E-state index contributed by atoms with van der Waals surface area (Å²) in [5, 5.41) is 19.8. The first kappa shape index (κ1) is 15.1. The molecule has 0 spiro atoms. The van der Waals surface area contributed by atoms with E-state index in [2.05, 4.69) is 10.5 Å². The third kappa shape index (κ3) is 4.08. The van der Waals surface area contributed by atoms with Gasteiger partial charge in [0.2, 0.25) is 5.71 Å². The van der Waals surface area contributed by atoms with E-state index >= 15 is 0 Å². The molecule has 0 amide bonds. The van der Waals surface area contributed by atoms with E-state index in [1.54, 1.807) is 18.2 Å². The van der Waals surface area contributed by atoms with Crippen LogP contribution in [0.2, 0.25) is 0 Å². The number of rotatable bonds is 6. The molecule has 0 fully saturated rings. The molecule has 0 saturated heterocycles. The lowest BCUT2D eigenvalue weighted by atomic mass is 10.2. The maximum atomic E-state index is 8.82. The number of nitrogens with one attached hydrogen (secondary N) is 2. The van der Waals surface area contributed by atoms with Crippen LogP contribution in [0.25, 0.3) is 0 Å². The SMILES string of the molecule is N#C/C(=N\Nc1ccccc1OCc1ccccc1)C(=N)N. The van der Waals surface area contributed by atoms with Gasteiger partial charge in [-0.3, -0.25) is 10.8 Å². The first-order valence-electron chi connectivity index (χ1n) is 6.54. The van der Waals surface area contributed by atoms with Gasteiger partial charge in [0, 0.05) is 0 Å². The molecular formula is C16H15N5O. The minimum absolute atomic E-state index is 0.183. The summed E-state index contributed by atoms with van der Waals surface area (Å²) < 4.78 is 5.75. The van der Waals surface area contributed by atoms with E-state index in [4.69, 9.17) is 21.1 Å². The quantitative estimate of drug-likeness (QED) is 0.432. The zero-order valence-electron chi connectivity index (χ0n) is 11.8. The average molecular weight is 293 g/mol. The van der Waals surface area contributed by atoms with Crippen LogP contribution in [0.5, 0.6) is 5.75 Å². The Bertz CT molecular complexity index is 719. The Morgan fingerprint density at radius 3 is 2.55 bits per heavy atom. The molecule has 2 rings (SSSR count). The Kier molecular flexibility index (Phi) is 5.10. The predicted octanol–water partition coefficient (Wildman–Crippen LogP) is 2.49. The number of nitrogens with zero attached hydrogens (tertiary/aromatic N) is 2. The maximum absolute atomic E-state index is 8.82. The van der Waals surface area contributed by atoms with Crippen LogP contribution in [0, 0.1) is 16.7 Å². The van der Waals surface area contributed by atoms with Crippen LogP contribution in [-0.2, 0) is 6.61 Å². The molecule has 2 aromatic rings. The fourth-order valence-electron chi connectivity index (χ4n) is 1.68. The van der Waals surface area contributed by atoms with Gasteiger partial charge < -0.3 is 10.5 Å². The van der Waals surface area contributed by atoms with E-state index in [0.29, 0.717) is 18.0 Å². The van der Waals surface area contributed by atoms with Crippen molar-refractivity contribution in [1.29, 1.82) is 10.7 Å². The van der Waals surface area contributed by atoms with Crippen molar-refractivity contribution in [3.8, 4) is 11.8 Å². The first-order valence-corrected chi connectivity index (χ1v) is 6.54. The van der Waals surface area contributed by atoms with Gasteiger partial charge in [-0.15, -0.1) is 0 Å². The number of benzene rings is 2. The van der Waals surface area contributed by atoms with Crippen molar-refractivity contribution >= 4 is 17.2 Å². The average Bonchev–Trinajstić information content (AvgIpc) is 2.55. The van der Waals surface area contributed by atoms with E-state index < -0.39 is 5.84 Å². The number of ether oxygens (including phenoxy) is 1. The summed E-state index contributed by atoms with van der Waals surface area (Å²) in [6.45, 7) is 0.418. The van der Waals surface area contributed by atoms with Gasteiger partial charge in [0.05, 0.1) is 5.69 Å². The number of hydrogen-bond acceptors (Lipinski definition) is 5. The lowest BCUT2D eigenvalue weighted by molar-refractivity contribution is 0.307. The zero-order valence-corrected chi connectivity index (χ0v) is 11.8. The Morgan fingerprint density at radius 1 is 1.18 bits per heavy atom. The van der Waals surface area contributed by atoms with Gasteiger partial charge >= 0.3 is 0 Å². The second-order valence-corrected chi connectivity index (χ2v) is 4.37. The molecule has 2 aromatic carbocycles. The van der Waals surface area contributed by atoms with Crippen molar-refractivity contribution in [1.82, 2.24) is 0 Å². The number of para-hydroxylation sites is 2. The highest BCUT2D eigenvalue weighted by Crippen LogP contribution is 2.24. The number of nitriles is 1. The van der Waals surface area contributed by atoms with Gasteiger partial charge in [-0.1, -0.05) is 42.5 Å². The maximum Gasteiger partial charge on any atom is 0.201 e. The largest absolute Gasteiger partial charge is 0.487 e. The van der Waals surface area contributed by atoms with Crippen molar-refractivity contribution in [2.24, 2.45) is 10.8 Å². The molecule has 6 nitrogen and oxygen atoms in total. The molecule has 4 N–H and O–H groups in total. The fourth-order valence-corrected chi connectivity index (χ4v) is 1.68. The molecule has 0 aliphatic heterocycles. The molecule has 0 heterocycles. The van der Waals surface area contributed by atoms with E-state index in [1.165, 1.54) is 0 Å². The monoisotopic (exact) mass is 293 g/mol. The van der Waals surface area contributed by atoms with Gasteiger partial charge in [0.15, 0.2) is 5.84 Å². The zero-order chi connectivity index (χ0) is 15.8. The van der Waals surface area contributed by atoms with Crippen molar-refractivity contribution in [2.45, 2.75) is 6.61 Å². The number of nitrogens with two attached hydrogens (primary N) is 1. The molecular weight excluding hydrogens is 278 g/mol. The van der Waals surface area contributed by atoms with Gasteiger partial charge in [-0.25, -0.2) is 0 Å². The van der Waals surface area contributed by atoms with Crippen LogP contribution < -0.4 is 15.9 Å². The Balaban J connectivity index is 2.10. The summed E-state index contributed by atoms with van der Waals surface area (Å²) in [7, 11) is 0. The smallest absolute Gasteiger partial charge is 0.201 e. The van der Waals surface area contributed by atoms with E-state index in [1.807, 2.05) is 42.5 Å². The molecule has 0 atom stereocenters. The van der Waals surface area contributed by atoms with Crippen LogP contribution in [0.4, 0.5) is 5.69 Å². The van der Waals surface area contributed by atoms with Gasteiger partial charge in [-0.2, -0.15) is 10.4 Å². The van der Waals surface area contributed by atoms with Crippen LogP contribution in [0.15, 0.2) is 59.7 Å². The van der Waals surface area contributed by atoms with Gasteiger partial charge in [-0.05, 0) is 17.7 Å². The summed E-state index contributed by atoms with van der Waals surface area (Å²) >= 11 is 0. The number of hydrogen-bond donors (Lipinski definition) is 3. The van der Waals surface area contributed by atoms with Gasteiger partial charge in [0.1, 0.15) is 18.4 Å². The van der Waals surface area contributed by atoms with E-state index in [9.17, 15) is 0 Å². The van der Waals surface area contributed by atoms with Crippen LogP contribution >= 0.6 is 0 Å². The first-order chi connectivity index (χ1) is 10.7. The normalized spacial score (nSPS) is 10.6. The molecule has 0 unspecified atom stereocenters. The second kappa shape index (κ2) is 7.45. The Labute approximate surface area is 128 Å². The molecule has 0 aliphatic rings. The number of hydrazone groups is 1. The molecule has 0 bridgehead atoms. The molecule has 0 radical (unpaired) electrons. The predicted molar refractivity (Wildman–Crippen MR) is 85.8 cm³/mol. The lowest BCUT2D eigenvalue weighted by Gasteiger charge is -2.11. The Morgan fingerprint density at radius 2 is 1.86 bits per heavy atom. The standard InChI is InChI=1S/C16H15N5O/c17-10-14(16(18)19)21-20-13-8-4-5-9-15(13)22-11-12-6-2-1-3-7-12/h1-9,20H,11H2,(H3,18,19)/b21-14+. The topological polar surface area (TPSA) is 107 Å². The van der Waals surface area contributed by atoms with Crippen molar-refractivity contribution in [2.75, 3.05) is 5.43 Å². The summed E-state index contributed by atoms with van der Waals surface area (Å²) in [4.78, 5) is 0.